The molecule has 3 atom stereocenters. The van der Waals surface area contributed by atoms with Crippen molar-refractivity contribution in [2.75, 3.05) is 6.61 Å². The summed E-state index contributed by atoms with van der Waals surface area (Å²) in [5.41, 5.74) is -0.580. The van der Waals surface area contributed by atoms with Crippen LogP contribution >= 0.6 is 0 Å². The second-order valence-electron chi connectivity index (χ2n) is 7.41. The predicted octanol–water partition coefficient (Wildman–Crippen LogP) is 2.01. The minimum atomic E-state index is -0.696. The largest absolute Gasteiger partial charge is 0.507 e. The normalized spacial score (nSPS) is 22.7. The summed E-state index contributed by atoms with van der Waals surface area (Å²) in [4.78, 5) is 12.9. The highest BCUT2D eigenvalue weighted by molar-refractivity contribution is 5.96. The van der Waals surface area contributed by atoms with Crippen LogP contribution in [-0.4, -0.2) is 43.4 Å². The molecule has 0 bridgehead atoms. The van der Waals surface area contributed by atoms with Gasteiger partial charge in [0.1, 0.15) is 28.1 Å². The molecule has 28 heavy (non-hydrogen) atoms. The second-order valence-corrected chi connectivity index (χ2v) is 7.41. The number of fused-ring (bicyclic) bond motifs is 2. The summed E-state index contributed by atoms with van der Waals surface area (Å²) in [6.07, 6.45) is 0.445. The van der Waals surface area contributed by atoms with Gasteiger partial charge >= 0.3 is 0 Å². The van der Waals surface area contributed by atoms with Gasteiger partial charge in [0.05, 0.1) is 11.5 Å². The van der Waals surface area contributed by atoms with Crippen molar-refractivity contribution in [3.63, 3.8) is 0 Å². The average Bonchev–Trinajstić information content (AvgIpc) is 2.62. The average molecular weight is 388 g/mol. The lowest BCUT2D eigenvalue weighted by Crippen LogP contribution is -2.27. The number of aliphatic hydroxyl groups is 2. The van der Waals surface area contributed by atoms with Gasteiger partial charge < -0.3 is 35.1 Å². The van der Waals surface area contributed by atoms with Crippen molar-refractivity contribution in [1.82, 2.24) is 0 Å². The van der Waals surface area contributed by atoms with Crippen LogP contribution in [0.4, 0.5) is 0 Å². The number of aromatic hydroxyl groups is 4. The van der Waals surface area contributed by atoms with E-state index in [4.69, 9.17) is 4.42 Å². The third-order valence-corrected chi connectivity index (χ3v) is 5.50. The molecule has 1 fully saturated rings. The lowest BCUT2D eigenvalue weighted by atomic mass is 9.76. The van der Waals surface area contributed by atoms with E-state index in [9.17, 15) is 35.4 Å². The second kappa shape index (κ2) is 6.57. The molecule has 148 valence electrons. The minimum absolute atomic E-state index is 0.00668. The van der Waals surface area contributed by atoms with Gasteiger partial charge in [-0.05, 0) is 37.2 Å². The molecule has 0 spiro atoms. The van der Waals surface area contributed by atoms with E-state index in [1.54, 1.807) is 0 Å². The number of rotatable bonds is 2. The Morgan fingerprint density at radius 3 is 2.32 bits per heavy atom. The summed E-state index contributed by atoms with van der Waals surface area (Å²) in [5.74, 6) is -2.34. The fourth-order valence-electron chi connectivity index (χ4n) is 4.21. The van der Waals surface area contributed by atoms with Crippen LogP contribution in [0.3, 0.4) is 0 Å². The third kappa shape index (κ3) is 2.81. The Morgan fingerprint density at radius 2 is 1.61 bits per heavy atom. The molecule has 2 aromatic carbocycles. The summed E-state index contributed by atoms with van der Waals surface area (Å²) < 4.78 is 5.55. The van der Waals surface area contributed by atoms with Crippen molar-refractivity contribution in [1.29, 1.82) is 0 Å². The summed E-state index contributed by atoms with van der Waals surface area (Å²) in [6, 6.07) is 3.34. The Labute approximate surface area is 158 Å². The fourth-order valence-corrected chi connectivity index (χ4v) is 4.21. The van der Waals surface area contributed by atoms with E-state index in [2.05, 4.69) is 0 Å². The maximum Gasteiger partial charge on any atom is 0.204 e. The highest BCUT2D eigenvalue weighted by Gasteiger charge is 2.33. The van der Waals surface area contributed by atoms with Gasteiger partial charge in [-0.25, -0.2) is 0 Å². The topological polar surface area (TPSA) is 152 Å². The molecule has 0 saturated heterocycles. The Bertz CT molecular complexity index is 1130. The smallest absolute Gasteiger partial charge is 0.204 e. The van der Waals surface area contributed by atoms with Crippen LogP contribution in [-0.2, 0) is 0 Å². The van der Waals surface area contributed by atoms with Crippen LogP contribution in [0.25, 0.3) is 21.9 Å². The van der Waals surface area contributed by atoms with Crippen molar-refractivity contribution < 1.29 is 35.1 Å². The molecule has 4 rings (SSSR count). The molecule has 1 aliphatic rings. The van der Waals surface area contributed by atoms with Gasteiger partial charge in [-0.3, -0.25) is 4.79 Å². The standard InChI is InChI=1S/C20H20O8/c21-7-8-1-9(3-10(22)2-8)17-14(25)6-16-18(20(17)27)19(26)11-4-12(23)13(24)5-15(11)28-16/h4-6,8-10,21-25,27H,1-3,7H2. The monoisotopic (exact) mass is 388 g/mol. The van der Waals surface area contributed by atoms with Crippen molar-refractivity contribution in [3.05, 3.63) is 34.0 Å². The van der Waals surface area contributed by atoms with Gasteiger partial charge in [0, 0.05) is 24.3 Å². The summed E-state index contributed by atoms with van der Waals surface area (Å²) in [6.45, 7) is -0.127. The van der Waals surface area contributed by atoms with Gasteiger partial charge in [-0.1, -0.05) is 0 Å². The van der Waals surface area contributed by atoms with Gasteiger partial charge in [-0.15, -0.1) is 0 Å². The number of hydrogen-bond acceptors (Lipinski definition) is 8. The number of hydrogen-bond donors (Lipinski definition) is 6. The molecule has 3 unspecified atom stereocenters. The SMILES string of the molecule is O=c1c2cc(O)c(O)cc2oc2cc(O)c(C3CC(O)CC(CO)C3)c(O)c12. The minimum Gasteiger partial charge on any atom is -0.507 e. The molecule has 3 aromatic rings. The van der Waals surface area contributed by atoms with E-state index in [-0.39, 0.29) is 52.2 Å². The Kier molecular flexibility index (Phi) is 4.32. The number of aliphatic hydroxyl groups excluding tert-OH is 2. The van der Waals surface area contributed by atoms with Crippen LogP contribution < -0.4 is 5.43 Å². The molecule has 1 saturated carbocycles. The van der Waals surface area contributed by atoms with E-state index < -0.39 is 34.7 Å². The molecule has 6 N–H and O–H groups in total. The number of phenolic OH excluding ortho intramolecular Hbond substituents is 4. The first-order valence-corrected chi connectivity index (χ1v) is 8.96. The Balaban J connectivity index is 1.97. The van der Waals surface area contributed by atoms with Crippen LogP contribution in [0.2, 0.25) is 0 Å². The van der Waals surface area contributed by atoms with Crippen molar-refractivity contribution >= 4 is 21.9 Å². The molecule has 1 aliphatic carbocycles. The first kappa shape index (κ1) is 18.4. The zero-order valence-electron chi connectivity index (χ0n) is 14.8. The van der Waals surface area contributed by atoms with E-state index >= 15 is 0 Å². The van der Waals surface area contributed by atoms with Crippen LogP contribution in [0.1, 0.15) is 30.7 Å². The third-order valence-electron chi connectivity index (χ3n) is 5.50. The van der Waals surface area contributed by atoms with Crippen molar-refractivity contribution in [2.45, 2.75) is 31.3 Å². The molecular formula is C20H20O8. The van der Waals surface area contributed by atoms with E-state index in [1.807, 2.05) is 0 Å². The lowest BCUT2D eigenvalue weighted by molar-refractivity contribution is 0.0642. The molecule has 1 aromatic heterocycles. The molecular weight excluding hydrogens is 368 g/mol. The maximum absolute atomic E-state index is 12.9. The lowest BCUT2D eigenvalue weighted by Gasteiger charge is -2.32. The van der Waals surface area contributed by atoms with Gasteiger partial charge in [0.15, 0.2) is 11.5 Å². The van der Waals surface area contributed by atoms with E-state index in [0.29, 0.717) is 12.8 Å². The Hall–Kier alpha value is -2.97. The van der Waals surface area contributed by atoms with Crippen LogP contribution in [0.5, 0.6) is 23.0 Å². The fraction of sp³-hybridized carbons (Fsp3) is 0.350. The van der Waals surface area contributed by atoms with Gasteiger partial charge in [0.2, 0.25) is 5.43 Å². The van der Waals surface area contributed by atoms with Crippen LogP contribution in [0, 0.1) is 5.92 Å². The zero-order chi connectivity index (χ0) is 20.2. The number of benzene rings is 2. The quantitative estimate of drug-likeness (QED) is 0.288. The van der Waals surface area contributed by atoms with Gasteiger partial charge in [-0.2, -0.15) is 0 Å². The van der Waals surface area contributed by atoms with Crippen LogP contribution in [0.15, 0.2) is 27.4 Å². The van der Waals surface area contributed by atoms with Crippen molar-refractivity contribution in [3.8, 4) is 23.0 Å². The van der Waals surface area contributed by atoms with Gasteiger partial charge in [0.25, 0.3) is 0 Å². The highest BCUT2D eigenvalue weighted by Crippen LogP contribution is 2.46. The summed E-state index contributed by atoms with van der Waals surface area (Å²) >= 11 is 0. The molecule has 0 aliphatic heterocycles. The first-order valence-electron chi connectivity index (χ1n) is 8.96. The highest BCUT2D eigenvalue weighted by atomic mass is 16.3. The zero-order valence-corrected chi connectivity index (χ0v) is 14.8. The molecule has 8 heteroatoms. The predicted molar refractivity (Wildman–Crippen MR) is 99.8 cm³/mol. The maximum atomic E-state index is 12.9. The molecule has 1 heterocycles. The van der Waals surface area contributed by atoms with E-state index in [1.165, 1.54) is 6.07 Å². The van der Waals surface area contributed by atoms with Crippen molar-refractivity contribution in [2.24, 2.45) is 5.92 Å². The molecule has 0 amide bonds. The summed E-state index contributed by atoms with van der Waals surface area (Å²) in [7, 11) is 0. The molecule has 0 radical (unpaired) electrons. The Morgan fingerprint density at radius 1 is 0.929 bits per heavy atom. The van der Waals surface area contributed by atoms with E-state index in [0.717, 1.165) is 12.1 Å². The summed E-state index contributed by atoms with van der Waals surface area (Å²) in [5, 5.41) is 60.0. The number of phenols is 4. The molecule has 8 nitrogen and oxygen atoms in total. The first-order chi connectivity index (χ1) is 13.3.